The van der Waals surface area contributed by atoms with Crippen molar-refractivity contribution in [1.82, 2.24) is 9.88 Å². The van der Waals surface area contributed by atoms with Crippen LogP contribution >= 0.6 is 11.3 Å². The summed E-state index contributed by atoms with van der Waals surface area (Å²) in [5.41, 5.74) is 1.78. The third-order valence-corrected chi connectivity index (χ3v) is 5.02. The largest absolute Gasteiger partial charge is 0.378 e. The summed E-state index contributed by atoms with van der Waals surface area (Å²) in [7, 11) is 1.87. The van der Waals surface area contributed by atoms with Crippen LogP contribution in [0.4, 0.5) is 0 Å². The monoisotopic (exact) mass is 330 g/mol. The van der Waals surface area contributed by atoms with Crippen molar-refractivity contribution >= 4 is 17.2 Å². The summed E-state index contributed by atoms with van der Waals surface area (Å²) in [5.74, 6) is 0.0722. The maximum Gasteiger partial charge on any atom is 0.253 e. The van der Waals surface area contributed by atoms with Gasteiger partial charge in [0.15, 0.2) is 0 Å². The van der Waals surface area contributed by atoms with E-state index in [2.05, 4.69) is 4.98 Å². The summed E-state index contributed by atoms with van der Waals surface area (Å²) in [4.78, 5) is 18.5. The number of aromatic nitrogens is 1. The smallest absolute Gasteiger partial charge is 0.253 e. The molecule has 23 heavy (non-hydrogen) atoms. The summed E-state index contributed by atoms with van der Waals surface area (Å²) >= 11 is 1.60. The minimum absolute atomic E-state index is 0.0722. The highest BCUT2D eigenvalue weighted by atomic mass is 32.1. The summed E-state index contributed by atoms with van der Waals surface area (Å²) in [6.45, 7) is 1.66. The number of thiazole rings is 1. The first-order valence-electron chi connectivity index (χ1n) is 8.11. The van der Waals surface area contributed by atoms with E-state index < -0.39 is 0 Å². The molecule has 0 unspecified atom stereocenters. The predicted octanol–water partition coefficient (Wildman–Crippen LogP) is 3.84. The van der Waals surface area contributed by atoms with Crippen LogP contribution in [0.3, 0.4) is 0 Å². The molecule has 0 aliphatic carbocycles. The molecule has 0 radical (unpaired) electrons. The van der Waals surface area contributed by atoms with E-state index in [1.807, 2.05) is 36.7 Å². The Labute approximate surface area is 141 Å². The lowest BCUT2D eigenvalue weighted by molar-refractivity contribution is 0.0763. The fourth-order valence-corrected chi connectivity index (χ4v) is 3.52. The van der Waals surface area contributed by atoms with Gasteiger partial charge in [0, 0.05) is 42.9 Å². The number of ether oxygens (including phenoxy) is 1. The maximum absolute atomic E-state index is 12.5. The Morgan fingerprint density at radius 1 is 1.39 bits per heavy atom. The Hall–Kier alpha value is -1.72. The van der Waals surface area contributed by atoms with Crippen LogP contribution in [0.5, 0.6) is 0 Å². The quantitative estimate of drug-likeness (QED) is 0.808. The third kappa shape index (κ3) is 4.18. The molecule has 1 atom stereocenters. The van der Waals surface area contributed by atoms with Crippen LogP contribution in [-0.4, -0.2) is 42.1 Å². The predicted molar refractivity (Wildman–Crippen MR) is 92.7 cm³/mol. The van der Waals surface area contributed by atoms with Crippen molar-refractivity contribution in [3.63, 3.8) is 0 Å². The van der Waals surface area contributed by atoms with Gasteiger partial charge in [0.2, 0.25) is 0 Å². The van der Waals surface area contributed by atoms with Crippen molar-refractivity contribution in [2.75, 3.05) is 20.2 Å². The van der Waals surface area contributed by atoms with Crippen LogP contribution in [0, 0.1) is 0 Å². The van der Waals surface area contributed by atoms with Gasteiger partial charge in [-0.05, 0) is 37.8 Å². The molecule has 1 amide bonds. The minimum atomic E-state index is 0.0722. The molecule has 1 fully saturated rings. The number of rotatable bonds is 6. The molecule has 1 aliphatic heterocycles. The van der Waals surface area contributed by atoms with Gasteiger partial charge in [0.1, 0.15) is 5.01 Å². The van der Waals surface area contributed by atoms with Crippen LogP contribution in [0.1, 0.15) is 36.0 Å². The van der Waals surface area contributed by atoms with Crippen molar-refractivity contribution < 1.29 is 9.53 Å². The Bertz CT molecular complexity index is 619. The second-order valence-corrected chi connectivity index (χ2v) is 6.81. The zero-order valence-electron chi connectivity index (χ0n) is 13.4. The van der Waals surface area contributed by atoms with E-state index in [-0.39, 0.29) is 5.91 Å². The molecule has 1 aromatic carbocycles. The number of amides is 1. The molecule has 0 bridgehead atoms. The van der Waals surface area contributed by atoms with Crippen molar-refractivity contribution in [1.29, 1.82) is 0 Å². The zero-order valence-corrected chi connectivity index (χ0v) is 14.2. The average molecular weight is 330 g/mol. The van der Waals surface area contributed by atoms with Crippen molar-refractivity contribution in [2.24, 2.45) is 0 Å². The second kappa shape index (κ2) is 7.70. The highest BCUT2D eigenvalue weighted by molar-refractivity contribution is 7.13. The van der Waals surface area contributed by atoms with Gasteiger partial charge in [0.05, 0.1) is 6.10 Å². The van der Waals surface area contributed by atoms with Crippen LogP contribution in [0.25, 0.3) is 10.6 Å². The highest BCUT2D eigenvalue weighted by Crippen LogP contribution is 2.22. The van der Waals surface area contributed by atoms with E-state index in [0.717, 1.165) is 48.5 Å². The Morgan fingerprint density at radius 2 is 2.22 bits per heavy atom. The lowest BCUT2D eigenvalue weighted by atomic mass is 10.1. The molecule has 1 saturated heterocycles. The average Bonchev–Trinajstić information content (AvgIpc) is 3.28. The molecular weight excluding hydrogens is 308 g/mol. The fraction of sp³-hybridized carbons (Fsp3) is 0.444. The molecular formula is C18H22N2O2S. The Kier molecular flexibility index (Phi) is 5.41. The first-order chi connectivity index (χ1) is 11.2. The van der Waals surface area contributed by atoms with Crippen molar-refractivity contribution in [3.05, 3.63) is 41.4 Å². The number of carbonyl (C=O) groups excluding carboxylic acids is 1. The second-order valence-electron chi connectivity index (χ2n) is 5.92. The molecule has 5 heteroatoms. The number of hydrogen-bond acceptors (Lipinski definition) is 4. The number of benzene rings is 1. The van der Waals surface area contributed by atoms with Crippen LogP contribution < -0.4 is 0 Å². The van der Waals surface area contributed by atoms with Gasteiger partial charge < -0.3 is 9.64 Å². The zero-order chi connectivity index (χ0) is 16.1. The Morgan fingerprint density at radius 3 is 2.87 bits per heavy atom. The van der Waals surface area contributed by atoms with Gasteiger partial charge >= 0.3 is 0 Å². The van der Waals surface area contributed by atoms with Gasteiger partial charge in [0.25, 0.3) is 5.91 Å². The maximum atomic E-state index is 12.5. The number of nitrogens with zero attached hydrogens (tertiary/aromatic N) is 2. The lowest BCUT2D eigenvalue weighted by Crippen LogP contribution is -2.28. The SMILES string of the molecule is CN(CCC[C@@H]1CCCO1)C(=O)c1ccc(-c2nccs2)cc1. The van der Waals surface area contributed by atoms with Crippen LogP contribution in [-0.2, 0) is 4.74 Å². The highest BCUT2D eigenvalue weighted by Gasteiger charge is 2.16. The molecule has 3 rings (SSSR count). The number of hydrogen-bond donors (Lipinski definition) is 0. The summed E-state index contributed by atoms with van der Waals surface area (Å²) < 4.78 is 5.62. The molecule has 4 nitrogen and oxygen atoms in total. The van der Waals surface area contributed by atoms with E-state index in [1.54, 1.807) is 22.4 Å². The van der Waals surface area contributed by atoms with Crippen LogP contribution in [0.2, 0.25) is 0 Å². The first kappa shape index (κ1) is 16.1. The molecule has 0 N–H and O–H groups in total. The van der Waals surface area contributed by atoms with Gasteiger partial charge in [-0.15, -0.1) is 11.3 Å². The topological polar surface area (TPSA) is 42.4 Å². The summed E-state index contributed by atoms with van der Waals surface area (Å²) in [6, 6.07) is 7.70. The molecule has 2 aromatic rings. The summed E-state index contributed by atoms with van der Waals surface area (Å²) in [6.07, 6.45) is 6.56. The molecule has 1 aromatic heterocycles. The van der Waals surface area contributed by atoms with Gasteiger partial charge in [-0.3, -0.25) is 4.79 Å². The van der Waals surface area contributed by atoms with E-state index in [4.69, 9.17) is 4.74 Å². The van der Waals surface area contributed by atoms with E-state index in [0.29, 0.717) is 6.10 Å². The molecule has 1 aliphatic rings. The minimum Gasteiger partial charge on any atom is -0.378 e. The molecule has 0 saturated carbocycles. The van der Waals surface area contributed by atoms with Crippen LogP contribution in [0.15, 0.2) is 35.8 Å². The van der Waals surface area contributed by atoms with Crippen molar-refractivity contribution in [3.8, 4) is 10.6 Å². The van der Waals surface area contributed by atoms with Gasteiger partial charge in [-0.25, -0.2) is 4.98 Å². The first-order valence-corrected chi connectivity index (χ1v) is 8.99. The fourth-order valence-electron chi connectivity index (χ4n) is 2.87. The van der Waals surface area contributed by atoms with E-state index >= 15 is 0 Å². The summed E-state index contributed by atoms with van der Waals surface area (Å²) in [5, 5.41) is 2.94. The molecule has 122 valence electrons. The van der Waals surface area contributed by atoms with Gasteiger partial charge in [-0.2, -0.15) is 0 Å². The molecule has 0 spiro atoms. The molecule has 2 heterocycles. The number of carbonyl (C=O) groups is 1. The Balaban J connectivity index is 1.52. The van der Waals surface area contributed by atoms with Crippen molar-refractivity contribution in [2.45, 2.75) is 31.8 Å². The van der Waals surface area contributed by atoms with E-state index in [9.17, 15) is 4.79 Å². The standard InChI is InChI=1S/C18H22N2O2S/c1-20(11-2-4-16-5-3-12-22-16)18(21)15-8-6-14(7-9-15)17-19-10-13-23-17/h6-10,13,16H,2-5,11-12H2,1H3/t16-/m1/s1. The lowest BCUT2D eigenvalue weighted by Gasteiger charge is -2.18. The third-order valence-electron chi connectivity index (χ3n) is 4.20. The van der Waals surface area contributed by atoms with Gasteiger partial charge in [-0.1, -0.05) is 12.1 Å². The van der Waals surface area contributed by atoms with E-state index in [1.165, 1.54) is 6.42 Å². The normalized spacial score (nSPS) is 17.3.